The molecule has 1 aromatic heterocycles. The normalized spacial score (nSPS) is 17.1. The SMILES string of the molecule is CC(C)(C)OC(=O)C(CCCCN)NC(=O)C1Cc2c([nH]c3ccccc23)C(c2cccc(OCc3ccc(F)cc3)c2)N1. The molecule has 5 N–H and O–H groups in total. The van der Waals surface area contributed by atoms with E-state index >= 15 is 0 Å². The standard InChI is InChI=1S/C35H41FN4O4/c1-35(2,3)44-34(42)29(13-6-7-18-37)40-33(41)30-20-27-26-11-4-5-12-28(26)38-32(27)31(39-30)23-9-8-10-25(19-23)43-21-22-14-16-24(36)17-15-22/h4-5,8-12,14-17,19,29-31,38-39H,6-7,13,18,20-21,37H2,1-3H3,(H,40,41). The first-order valence-corrected chi connectivity index (χ1v) is 15.2. The number of amides is 1. The van der Waals surface area contributed by atoms with E-state index in [1.165, 1.54) is 12.1 Å². The maximum atomic E-state index is 13.8. The molecule has 3 unspecified atom stereocenters. The van der Waals surface area contributed by atoms with E-state index in [1.807, 2.05) is 63.2 Å². The molecule has 1 aliphatic rings. The Morgan fingerprint density at radius 2 is 1.82 bits per heavy atom. The van der Waals surface area contributed by atoms with Gasteiger partial charge in [-0.2, -0.15) is 0 Å². The van der Waals surface area contributed by atoms with Gasteiger partial charge in [-0.15, -0.1) is 0 Å². The van der Waals surface area contributed by atoms with Crippen LogP contribution in [-0.4, -0.2) is 41.1 Å². The lowest BCUT2D eigenvalue weighted by Gasteiger charge is -2.32. The van der Waals surface area contributed by atoms with Crippen LogP contribution in [0.15, 0.2) is 72.8 Å². The Morgan fingerprint density at radius 1 is 1.05 bits per heavy atom. The Morgan fingerprint density at radius 3 is 2.57 bits per heavy atom. The van der Waals surface area contributed by atoms with Crippen LogP contribution in [0.25, 0.3) is 10.9 Å². The molecule has 44 heavy (non-hydrogen) atoms. The van der Waals surface area contributed by atoms with E-state index < -0.39 is 23.7 Å². The number of fused-ring (bicyclic) bond motifs is 3. The third kappa shape index (κ3) is 7.65. The fourth-order valence-corrected chi connectivity index (χ4v) is 5.58. The summed E-state index contributed by atoms with van der Waals surface area (Å²) in [6, 6.07) is 20.3. The molecular formula is C35H41FN4O4. The molecule has 0 fully saturated rings. The molecule has 3 aromatic carbocycles. The van der Waals surface area contributed by atoms with E-state index in [9.17, 15) is 14.0 Å². The summed E-state index contributed by atoms with van der Waals surface area (Å²) in [7, 11) is 0. The molecule has 1 amide bonds. The number of aromatic amines is 1. The summed E-state index contributed by atoms with van der Waals surface area (Å²) in [5, 5.41) is 7.59. The van der Waals surface area contributed by atoms with Gasteiger partial charge in [-0.05, 0) is 100 Å². The quantitative estimate of drug-likeness (QED) is 0.134. The van der Waals surface area contributed by atoms with Crippen molar-refractivity contribution in [3.05, 3.63) is 101 Å². The van der Waals surface area contributed by atoms with Crippen molar-refractivity contribution >= 4 is 22.8 Å². The van der Waals surface area contributed by atoms with Crippen molar-refractivity contribution in [2.45, 2.75) is 76.8 Å². The van der Waals surface area contributed by atoms with Crippen LogP contribution in [0.5, 0.6) is 5.75 Å². The second kappa shape index (κ2) is 13.6. The highest BCUT2D eigenvalue weighted by Crippen LogP contribution is 2.36. The summed E-state index contributed by atoms with van der Waals surface area (Å²) in [6.07, 6.45) is 2.34. The van der Waals surface area contributed by atoms with Crippen molar-refractivity contribution in [1.82, 2.24) is 15.6 Å². The van der Waals surface area contributed by atoms with Crippen molar-refractivity contribution in [2.24, 2.45) is 5.73 Å². The molecule has 3 atom stereocenters. The van der Waals surface area contributed by atoms with Crippen LogP contribution in [0.3, 0.4) is 0 Å². The highest BCUT2D eigenvalue weighted by molar-refractivity contribution is 5.91. The Kier molecular flexibility index (Phi) is 9.66. The van der Waals surface area contributed by atoms with Crippen LogP contribution in [0.1, 0.15) is 68.5 Å². The first-order chi connectivity index (χ1) is 21.1. The van der Waals surface area contributed by atoms with Crippen molar-refractivity contribution in [1.29, 1.82) is 0 Å². The van der Waals surface area contributed by atoms with Gasteiger partial charge in [-0.1, -0.05) is 42.5 Å². The van der Waals surface area contributed by atoms with E-state index in [2.05, 4.69) is 21.7 Å². The number of hydrogen-bond acceptors (Lipinski definition) is 6. The zero-order valence-corrected chi connectivity index (χ0v) is 25.5. The number of benzene rings is 3. The van der Waals surface area contributed by atoms with Crippen molar-refractivity contribution in [3.8, 4) is 5.75 Å². The zero-order valence-electron chi connectivity index (χ0n) is 25.5. The minimum Gasteiger partial charge on any atom is -0.489 e. The molecule has 1 aliphatic heterocycles. The Labute approximate surface area is 257 Å². The topological polar surface area (TPSA) is 118 Å². The molecule has 5 rings (SSSR count). The molecule has 0 spiro atoms. The van der Waals surface area contributed by atoms with Gasteiger partial charge >= 0.3 is 5.97 Å². The second-order valence-corrected chi connectivity index (χ2v) is 12.3. The highest BCUT2D eigenvalue weighted by atomic mass is 19.1. The summed E-state index contributed by atoms with van der Waals surface area (Å²) in [5.74, 6) is -0.352. The van der Waals surface area contributed by atoms with Crippen LogP contribution in [0.4, 0.5) is 4.39 Å². The number of nitrogens with two attached hydrogens (primary N) is 1. The number of ether oxygens (including phenoxy) is 2. The van der Waals surface area contributed by atoms with Gasteiger partial charge in [0.1, 0.15) is 29.8 Å². The molecule has 0 bridgehead atoms. The lowest BCUT2D eigenvalue weighted by molar-refractivity contribution is -0.159. The van der Waals surface area contributed by atoms with Gasteiger partial charge in [-0.3, -0.25) is 10.1 Å². The molecule has 2 heterocycles. The Hall–Kier alpha value is -4.21. The average molecular weight is 601 g/mol. The Bertz CT molecular complexity index is 1590. The van der Waals surface area contributed by atoms with E-state index in [-0.39, 0.29) is 17.8 Å². The number of rotatable bonds is 11. The fourth-order valence-electron chi connectivity index (χ4n) is 5.58. The molecule has 0 radical (unpaired) electrons. The van der Waals surface area contributed by atoms with E-state index in [4.69, 9.17) is 15.2 Å². The molecular weight excluding hydrogens is 559 g/mol. The predicted octanol–water partition coefficient (Wildman–Crippen LogP) is 5.45. The van der Waals surface area contributed by atoms with E-state index in [0.29, 0.717) is 38.2 Å². The van der Waals surface area contributed by atoms with E-state index in [1.54, 1.807) is 12.1 Å². The number of para-hydroxylation sites is 1. The molecule has 0 saturated heterocycles. The number of halogens is 1. The number of carbonyl (C=O) groups is 2. The summed E-state index contributed by atoms with van der Waals surface area (Å²) in [5.41, 5.74) is 9.81. The van der Waals surface area contributed by atoms with Crippen LogP contribution in [0, 0.1) is 5.82 Å². The molecule has 4 aromatic rings. The van der Waals surface area contributed by atoms with Gasteiger partial charge < -0.3 is 25.5 Å². The second-order valence-electron chi connectivity index (χ2n) is 12.3. The average Bonchev–Trinajstić information content (AvgIpc) is 3.38. The largest absolute Gasteiger partial charge is 0.489 e. The fraction of sp³-hybridized carbons (Fsp3) is 0.371. The maximum absolute atomic E-state index is 13.8. The monoisotopic (exact) mass is 600 g/mol. The van der Waals surface area contributed by atoms with Crippen molar-refractivity contribution < 1.29 is 23.5 Å². The van der Waals surface area contributed by atoms with Gasteiger partial charge in [0.05, 0.1) is 12.1 Å². The van der Waals surface area contributed by atoms with Crippen LogP contribution >= 0.6 is 0 Å². The van der Waals surface area contributed by atoms with Gasteiger partial charge in [0.2, 0.25) is 5.91 Å². The lowest BCUT2D eigenvalue weighted by Crippen LogP contribution is -2.54. The summed E-state index contributed by atoms with van der Waals surface area (Å²) in [4.78, 5) is 30.5. The highest BCUT2D eigenvalue weighted by Gasteiger charge is 2.36. The number of carbonyl (C=O) groups excluding carboxylic acids is 2. The Balaban J connectivity index is 1.40. The third-order valence-corrected chi connectivity index (χ3v) is 7.69. The first-order valence-electron chi connectivity index (χ1n) is 15.2. The summed E-state index contributed by atoms with van der Waals surface area (Å²) >= 11 is 0. The third-order valence-electron chi connectivity index (χ3n) is 7.69. The maximum Gasteiger partial charge on any atom is 0.329 e. The molecule has 9 heteroatoms. The molecule has 0 saturated carbocycles. The minimum absolute atomic E-state index is 0.266. The lowest BCUT2D eigenvalue weighted by atomic mass is 9.89. The van der Waals surface area contributed by atoms with Gasteiger partial charge in [0, 0.05) is 16.6 Å². The number of nitrogens with one attached hydrogen (secondary N) is 3. The summed E-state index contributed by atoms with van der Waals surface area (Å²) < 4.78 is 25.0. The smallest absolute Gasteiger partial charge is 0.329 e. The number of H-pyrrole nitrogens is 1. The van der Waals surface area contributed by atoms with Crippen LogP contribution in [-0.2, 0) is 27.4 Å². The van der Waals surface area contributed by atoms with Crippen LogP contribution < -0.4 is 21.1 Å². The minimum atomic E-state index is -0.777. The summed E-state index contributed by atoms with van der Waals surface area (Å²) in [6.45, 7) is 6.24. The van der Waals surface area contributed by atoms with Gasteiger partial charge in [0.15, 0.2) is 0 Å². The number of aromatic nitrogens is 1. The molecule has 0 aliphatic carbocycles. The number of hydrogen-bond donors (Lipinski definition) is 4. The van der Waals surface area contributed by atoms with Crippen molar-refractivity contribution in [3.63, 3.8) is 0 Å². The zero-order chi connectivity index (χ0) is 31.3. The van der Waals surface area contributed by atoms with Crippen LogP contribution in [0.2, 0.25) is 0 Å². The van der Waals surface area contributed by atoms with Gasteiger partial charge in [-0.25, -0.2) is 9.18 Å². The molecule has 232 valence electrons. The number of esters is 1. The van der Waals surface area contributed by atoms with E-state index in [0.717, 1.165) is 39.7 Å². The first kappa shape index (κ1) is 31.2. The number of unbranched alkanes of at least 4 members (excludes halogenated alkanes) is 1. The van der Waals surface area contributed by atoms with Gasteiger partial charge in [0.25, 0.3) is 0 Å². The molecule has 8 nitrogen and oxygen atoms in total. The van der Waals surface area contributed by atoms with Crippen molar-refractivity contribution in [2.75, 3.05) is 6.54 Å². The predicted molar refractivity (Wildman–Crippen MR) is 169 cm³/mol.